The Morgan fingerprint density at radius 2 is 1.02 bits per heavy atom. The number of likely N-dealkylation sites (N-methyl/N-ethyl adjacent to an activating group) is 1. The second-order valence-corrected chi connectivity index (χ2v) is 17.3. The lowest BCUT2D eigenvalue weighted by Gasteiger charge is -2.24. The first-order valence-electron chi connectivity index (χ1n) is 21.5. The molecule has 0 saturated carbocycles. The number of carbonyl (C=O) groups is 1. The number of unbranched alkanes of at least 4 members (excludes halogenated alkanes) is 26. The van der Waals surface area contributed by atoms with Crippen molar-refractivity contribution in [2.24, 2.45) is 0 Å². The fourth-order valence-corrected chi connectivity index (χ4v) is 6.79. The molecule has 0 heterocycles. The minimum Gasteiger partial charge on any atom is -0.498 e. The summed E-state index contributed by atoms with van der Waals surface area (Å²) in [5.41, 5.74) is 0. The zero-order chi connectivity index (χ0) is 37.7. The summed E-state index contributed by atoms with van der Waals surface area (Å²) in [5, 5.41) is 0. The molecule has 0 aromatic rings. The van der Waals surface area contributed by atoms with Gasteiger partial charge in [-0.15, -0.1) is 0 Å². The molecule has 1 unspecified atom stereocenters. The van der Waals surface area contributed by atoms with E-state index in [-0.39, 0.29) is 25.8 Å². The number of phosphoric acid groups is 1. The highest BCUT2D eigenvalue weighted by Crippen LogP contribution is 2.43. The van der Waals surface area contributed by atoms with Crippen LogP contribution in [-0.4, -0.2) is 69.0 Å². The van der Waals surface area contributed by atoms with Gasteiger partial charge in [0, 0.05) is 6.42 Å². The molecule has 0 rings (SSSR count). The molecular weight excluding hydrogens is 661 g/mol. The molecule has 8 nitrogen and oxygen atoms in total. The van der Waals surface area contributed by atoms with E-state index in [0.717, 1.165) is 32.1 Å². The van der Waals surface area contributed by atoms with E-state index in [1.807, 2.05) is 27.2 Å². The van der Waals surface area contributed by atoms with Gasteiger partial charge in [-0.1, -0.05) is 174 Å². The van der Waals surface area contributed by atoms with Crippen molar-refractivity contribution >= 4 is 13.8 Å². The van der Waals surface area contributed by atoms with Gasteiger partial charge in [-0.05, 0) is 25.3 Å². The average Bonchev–Trinajstić information content (AvgIpc) is 3.08. The smallest absolute Gasteiger partial charge is 0.472 e. The fraction of sp³-hybridized carbons (Fsp3) is 0.929. The number of esters is 1. The first-order valence-corrected chi connectivity index (χ1v) is 23.0. The highest BCUT2D eigenvalue weighted by atomic mass is 31.2. The molecule has 51 heavy (non-hydrogen) atoms. The van der Waals surface area contributed by atoms with Crippen molar-refractivity contribution in [3.05, 3.63) is 12.3 Å². The summed E-state index contributed by atoms with van der Waals surface area (Å²) in [7, 11) is 1.65. The number of nitrogens with zero attached hydrogens (tertiary/aromatic N) is 1. The molecule has 0 aromatic heterocycles. The van der Waals surface area contributed by atoms with Gasteiger partial charge in [-0.2, -0.15) is 0 Å². The maximum Gasteiger partial charge on any atom is 0.472 e. The van der Waals surface area contributed by atoms with Crippen LogP contribution in [0.5, 0.6) is 0 Å². The Morgan fingerprint density at radius 1 is 0.608 bits per heavy atom. The summed E-state index contributed by atoms with van der Waals surface area (Å²) in [4.78, 5) is 22.8. The molecule has 0 bridgehead atoms. The van der Waals surface area contributed by atoms with Gasteiger partial charge in [0.2, 0.25) is 0 Å². The summed E-state index contributed by atoms with van der Waals surface area (Å²) in [6.07, 6.45) is 39.1. The fourth-order valence-electron chi connectivity index (χ4n) is 6.05. The maximum atomic E-state index is 12.6. The van der Waals surface area contributed by atoms with E-state index >= 15 is 0 Å². The molecule has 0 aromatic carbocycles. The topological polar surface area (TPSA) is 91.3 Å². The van der Waals surface area contributed by atoms with Crippen molar-refractivity contribution in [2.45, 2.75) is 206 Å². The maximum absolute atomic E-state index is 12.6. The first-order chi connectivity index (χ1) is 24.6. The molecule has 304 valence electrons. The Bertz CT molecular complexity index is 833. The largest absolute Gasteiger partial charge is 0.498 e. The van der Waals surface area contributed by atoms with Crippen LogP contribution in [0.3, 0.4) is 0 Å². The Labute approximate surface area is 316 Å². The lowest BCUT2D eigenvalue weighted by Crippen LogP contribution is -2.37. The minimum absolute atomic E-state index is 0.0539. The molecular formula is C42H85NO7P+. The van der Waals surface area contributed by atoms with Crippen molar-refractivity contribution in [2.75, 3.05) is 47.5 Å². The number of quaternary nitrogens is 1. The van der Waals surface area contributed by atoms with Crippen LogP contribution in [0.4, 0.5) is 0 Å². The molecule has 0 aliphatic carbocycles. The number of ether oxygens (including phenoxy) is 2. The Morgan fingerprint density at radius 3 is 1.45 bits per heavy atom. The molecule has 0 spiro atoms. The van der Waals surface area contributed by atoms with Gasteiger partial charge < -0.3 is 18.9 Å². The van der Waals surface area contributed by atoms with Crippen LogP contribution in [0.25, 0.3) is 0 Å². The molecule has 0 fully saturated rings. The van der Waals surface area contributed by atoms with E-state index in [1.54, 1.807) is 6.26 Å². The van der Waals surface area contributed by atoms with Gasteiger partial charge in [0.15, 0.2) is 6.10 Å². The van der Waals surface area contributed by atoms with Crippen LogP contribution >= 0.6 is 7.82 Å². The Hall–Kier alpha value is -0.920. The molecule has 0 amide bonds. The summed E-state index contributed by atoms with van der Waals surface area (Å²) in [5.74, 6) is -0.334. The third-order valence-corrected chi connectivity index (χ3v) is 10.4. The van der Waals surface area contributed by atoms with E-state index < -0.39 is 13.9 Å². The Balaban J connectivity index is 4.22. The summed E-state index contributed by atoms with van der Waals surface area (Å²) in [6, 6.07) is 0. The molecule has 0 aliphatic rings. The zero-order valence-corrected chi connectivity index (χ0v) is 35.3. The van der Waals surface area contributed by atoms with E-state index in [1.165, 1.54) is 148 Å². The average molecular weight is 747 g/mol. The third kappa shape index (κ3) is 40.1. The van der Waals surface area contributed by atoms with Crippen LogP contribution in [0.15, 0.2) is 12.3 Å². The van der Waals surface area contributed by atoms with E-state index in [2.05, 4.69) is 13.8 Å². The highest BCUT2D eigenvalue weighted by molar-refractivity contribution is 7.47. The Kier molecular flexibility index (Phi) is 35.4. The van der Waals surface area contributed by atoms with E-state index in [0.29, 0.717) is 17.4 Å². The molecule has 0 aliphatic heterocycles. The number of phosphoric ester groups is 1. The lowest BCUT2D eigenvalue weighted by atomic mass is 10.0. The normalized spacial score (nSPS) is 13.8. The van der Waals surface area contributed by atoms with Gasteiger partial charge >= 0.3 is 13.8 Å². The van der Waals surface area contributed by atoms with E-state index in [4.69, 9.17) is 18.5 Å². The SMILES string of the molecule is CCCCCCCCCCCCCCCCCC/C=C\OC[C@H](COP(=O)(O)OCC[N+](C)(C)C)OC(=O)CCCCCCCCCCCCC. The van der Waals surface area contributed by atoms with Crippen molar-refractivity contribution in [3.63, 3.8) is 0 Å². The second kappa shape index (κ2) is 36.1. The highest BCUT2D eigenvalue weighted by Gasteiger charge is 2.26. The van der Waals surface area contributed by atoms with Gasteiger partial charge in [-0.25, -0.2) is 4.57 Å². The number of allylic oxidation sites excluding steroid dienone is 1. The van der Waals surface area contributed by atoms with Crippen molar-refractivity contribution in [3.8, 4) is 0 Å². The van der Waals surface area contributed by atoms with Gasteiger partial charge in [0.05, 0.1) is 34.0 Å². The monoisotopic (exact) mass is 747 g/mol. The van der Waals surface area contributed by atoms with Crippen LogP contribution < -0.4 is 0 Å². The summed E-state index contributed by atoms with van der Waals surface area (Å²) in [6.45, 7) is 4.95. The van der Waals surface area contributed by atoms with Crippen LogP contribution in [-0.2, 0) is 27.9 Å². The number of rotatable bonds is 40. The quantitative estimate of drug-likeness (QED) is 0.0219. The molecule has 1 N–H and O–H groups in total. The minimum atomic E-state index is -4.28. The van der Waals surface area contributed by atoms with Crippen LogP contribution in [0, 0.1) is 0 Å². The first kappa shape index (κ1) is 50.1. The van der Waals surface area contributed by atoms with Crippen LogP contribution in [0.2, 0.25) is 0 Å². The predicted octanol–water partition coefficient (Wildman–Crippen LogP) is 12.6. The molecule has 2 atom stereocenters. The van der Waals surface area contributed by atoms with Gasteiger partial charge in [0.1, 0.15) is 19.8 Å². The van der Waals surface area contributed by atoms with Crippen molar-refractivity contribution < 1.29 is 37.3 Å². The summed E-state index contributed by atoms with van der Waals surface area (Å²) >= 11 is 0. The summed E-state index contributed by atoms with van der Waals surface area (Å²) < 4.78 is 34.7. The zero-order valence-electron chi connectivity index (χ0n) is 34.4. The molecule has 0 saturated heterocycles. The predicted molar refractivity (Wildman–Crippen MR) is 215 cm³/mol. The van der Waals surface area contributed by atoms with E-state index in [9.17, 15) is 14.3 Å². The van der Waals surface area contributed by atoms with Crippen LogP contribution in [0.1, 0.15) is 200 Å². The van der Waals surface area contributed by atoms with Gasteiger partial charge in [-0.3, -0.25) is 13.8 Å². The second-order valence-electron chi connectivity index (χ2n) is 15.8. The standard InChI is InChI=1S/C42H84NO7P/c1-6-8-10-12-14-16-18-19-20-21-22-23-24-26-28-30-32-34-37-47-39-41(40-49-51(45,46)48-38-36-43(3,4)5)50-42(44)35-33-31-29-27-25-17-15-13-11-9-7-2/h34,37,41H,6-33,35-36,38-40H2,1-5H3/p+1/b37-34-/t41-/m1/s1. The molecule has 9 heteroatoms. The van der Waals surface area contributed by atoms with Crippen molar-refractivity contribution in [1.29, 1.82) is 0 Å². The van der Waals surface area contributed by atoms with Gasteiger partial charge in [0.25, 0.3) is 0 Å². The number of hydrogen-bond acceptors (Lipinski definition) is 6. The number of carbonyl (C=O) groups excluding carboxylic acids is 1. The third-order valence-electron chi connectivity index (χ3n) is 9.42. The van der Waals surface area contributed by atoms with Crippen molar-refractivity contribution in [1.82, 2.24) is 0 Å². The number of hydrogen-bond donors (Lipinski definition) is 1. The lowest BCUT2D eigenvalue weighted by molar-refractivity contribution is -0.870. The molecule has 0 radical (unpaired) electrons.